The molecular weight excluding hydrogens is 372 g/mol. The first-order chi connectivity index (χ1) is 13.6. The molecule has 0 bridgehead atoms. The Labute approximate surface area is 169 Å². The Kier molecular flexibility index (Phi) is 7.25. The van der Waals surface area contributed by atoms with Crippen molar-refractivity contribution in [1.82, 2.24) is 10.6 Å². The molecule has 2 N–H and O–H groups in total. The number of carbonyl (C=O) groups is 3. The smallest absolute Gasteiger partial charge is 0.243 e. The second-order valence-corrected chi connectivity index (χ2v) is 7.91. The van der Waals surface area contributed by atoms with Gasteiger partial charge in [-0.15, -0.1) is 0 Å². The second-order valence-electron chi connectivity index (χ2n) is 6.81. The Bertz CT molecular complexity index is 811. The van der Waals surface area contributed by atoms with E-state index in [0.29, 0.717) is 25.7 Å². The fourth-order valence-corrected chi connectivity index (χ4v) is 4.06. The van der Waals surface area contributed by atoms with E-state index in [2.05, 4.69) is 10.6 Å². The number of benzene rings is 2. The van der Waals surface area contributed by atoms with Gasteiger partial charge in [0.25, 0.3) is 0 Å². The van der Waals surface area contributed by atoms with E-state index in [4.69, 9.17) is 0 Å². The van der Waals surface area contributed by atoms with Gasteiger partial charge < -0.3 is 10.6 Å². The number of carbonyl (C=O) groups excluding carboxylic acids is 3. The van der Waals surface area contributed by atoms with Gasteiger partial charge in [-0.25, -0.2) is 0 Å². The van der Waals surface area contributed by atoms with Crippen molar-refractivity contribution in [3.8, 4) is 0 Å². The topological polar surface area (TPSA) is 75.3 Å². The average Bonchev–Trinajstić information content (AvgIpc) is 3.12. The second kappa shape index (κ2) is 10.1. The van der Waals surface area contributed by atoms with E-state index < -0.39 is 12.1 Å². The van der Waals surface area contributed by atoms with Crippen molar-refractivity contribution in [2.75, 3.05) is 5.75 Å². The van der Waals surface area contributed by atoms with Gasteiger partial charge >= 0.3 is 0 Å². The molecule has 0 radical (unpaired) electrons. The summed E-state index contributed by atoms with van der Waals surface area (Å²) in [7, 11) is 0. The minimum atomic E-state index is -0.705. The molecule has 0 saturated carbocycles. The first-order valence-electron chi connectivity index (χ1n) is 9.46. The molecule has 0 aromatic heterocycles. The fourth-order valence-electron chi connectivity index (χ4n) is 3.13. The minimum Gasteiger partial charge on any atom is -0.344 e. The minimum absolute atomic E-state index is 0.0118. The molecule has 0 unspecified atom stereocenters. The summed E-state index contributed by atoms with van der Waals surface area (Å²) in [4.78, 5) is 37.1. The first-order valence-corrected chi connectivity index (χ1v) is 10.4. The Morgan fingerprint density at radius 1 is 1.00 bits per heavy atom. The zero-order valence-electron chi connectivity index (χ0n) is 15.6. The normalized spacial score (nSPS) is 17.1. The number of thioether (sulfide) groups is 1. The number of hydrogen-bond donors (Lipinski definition) is 2. The summed E-state index contributed by atoms with van der Waals surface area (Å²) in [6.45, 7) is 0. The van der Waals surface area contributed by atoms with Crippen LogP contribution in [0.5, 0.6) is 0 Å². The monoisotopic (exact) mass is 396 g/mol. The van der Waals surface area contributed by atoms with E-state index in [9.17, 15) is 14.4 Å². The molecule has 3 rings (SSSR count). The number of hydrogen-bond acceptors (Lipinski definition) is 4. The van der Waals surface area contributed by atoms with E-state index >= 15 is 0 Å². The molecule has 2 aromatic carbocycles. The fraction of sp³-hybridized carbons (Fsp3) is 0.318. The standard InChI is InChI=1S/C22H24N2O3S/c25-20(12-11-16-7-3-1-4-8-16)23-19(15-17-9-5-2-6-10-17)21(26)24-18-13-14-28-22(18)27/h1-10,18-19H,11-15H2,(H,23,25)(H,24,26)/t18-,19+/m1/s1. The van der Waals surface area contributed by atoms with Gasteiger partial charge in [-0.3, -0.25) is 14.4 Å². The van der Waals surface area contributed by atoms with Crippen molar-refractivity contribution < 1.29 is 14.4 Å². The summed E-state index contributed by atoms with van der Waals surface area (Å²) in [6, 6.07) is 18.2. The molecule has 2 atom stereocenters. The summed E-state index contributed by atoms with van der Waals surface area (Å²) in [5, 5.41) is 5.65. The largest absolute Gasteiger partial charge is 0.344 e. The third-order valence-electron chi connectivity index (χ3n) is 4.67. The van der Waals surface area contributed by atoms with Gasteiger partial charge in [-0.2, -0.15) is 0 Å². The Hall–Kier alpha value is -2.60. The Balaban J connectivity index is 1.62. The van der Waals surface area contributed by atoms with Crippen LogP contribution in [0.4, 0.5) is 0 Å². The SMILES string of the molecule is O=C(CCc1ccccc1)N[C@@H](Cc1ccccc1)C(=O)N[C@@H]1CCSC1=O. The van der Waals surface area contributed by atoms with E-state index in [0.717, 1.165) is 16.9 Å². The van der Waals surface area contributed by atoms with E-state index in [-0.39, 0.29) is 16.9 Å². The highest BCUT2D eigenvalue weighted by atomic mass is 32.2. The molecule has 28 heavy (non-hydrogen) atoms. The third-order valence-corrected chi connectivity index (χ3v) is 5.68. The van der Waals surface area contributed by atoms with Crippen LogP contribution in [0, 0.1) is 0 Å². The molecule has 2 aromatic rings. The van der Waals surface area contributed by atoms with Gasteiger partial charge in [0.2, 0.25) is 16.9 Å². The van der Waals surface area contributed by atoms with Crippen molar-refractivity contribution in [2.24, 2.45) is 0 Å². The summed E-state index contributed by atoms with van der Waals surface area (Å²) in [5.74, 6) is 0.237. The lowest BCUT2D eigenvalue weighted by atomic mass is 10.0. The molecule has 0 spiro atoms. The van der Waals surface area contributed by atoms with Crippen molar-refractivity contribution in [3.05, 3.63) is 71.8 Å². The molecule has 1 heterocycles. The maximum absolute atomic E-state index is 12.8. The van der Waals surface area contributed by atoms with Crippen LogP contribution in [-0.2, 0) is 27.2 Å². The highest BCUT2D eigenvalue weighted by Crippen LogP contribution is 2.19. The Morgan fingerprint density at radius 2 is 1.64 bits per heavy atom. The maximum atomic E-state index is 12.8. The molecular formula is C22H24N2O3S. The summed E-state index contributed by atoms with van der Waals surface area (Å²) < 4.78 is 0. The molecule has 1 aliphatic rings. The van der Waals surface area contributed by atoms with Gasteiger partial charge in [-0.1, -0.05) is 72.4 Å². The zero-order valence-corrected chi connectivity index (χ0v) is 16.4. The van der Waals surface area contributed by atoms with E-state index in [1.54, 1.807) is 0 Å². The molecule has 1 saturated heterocycles. The molecule has 5 nitrogen and oxygen atoms in total. The van der Waals surface area contributed by atoms with Gasteiger partial charge in [0, 0.05) is 18.6 Å². The number of rotatable bonds is 8. The molecule has 1 fully saturated rings. The van der Waals surface area contributed by atoms with Crippen molar-refractivity contribution in [3.63, 3.8) is 0 Å². The van der Waals surface area contributed by atoms with Crippen LogP contribution in [-0.4, -0.2) is 34.8 Å². The molecule has 146 valence electrons. The molecule has 2 amide bonds. The van der Waals surface area contributed by atoms with Gasteiger partial charge in [0.15, 0.2) is 0 Å². The first kappa shape index (κ1) is 20.1. The lowest BCUT2D eigenvalue weighted by molar-refractivity contribution is -0.130. The van der Waals surface area contributed by atoms with Crippen LogP contribution in [0.3, 0.4) is 0 Å². The maximum Gasteiger partial charge on any atom is 0.243 e. The lowest BCUT2D eigenvalue weighted by Crippen LogP contribution is -2.51. The van der Waals surface area contributed by atoms with Crippen LogP contribution in [0.2, 0.25) is 0 Å². The quantitative estimate of drug-likeness (QED) is 0.719. The van der Waals surface area contributed by atoms with Crippen LogP contribution in [0.15, 0.2) is 60.7 Å². The molecule has 0 aliphatic carbocycles. The van der Waals surface area contributed by atoms with Gasteiger partial charge in [-0.05, 0) is 24.0 Å². The van der Waals surface area contributed by atoms with E-state index in [1.807, 2.05) is 60.7 Å². The zero-order chi connectivity index (χ0) is 19.8. The van der Waals surface area contributed by atoms with Crippen LogP contribution >= 0.6 is 11.8 Å². The highest BCUT2D eigenvalue weighted by molar-refractivity contribution is 8.14. The highest BCUT2D eigenvalue weighted by Gasteiger charge is 2.30. The van der Waals surface area contributed by atoms with E-state index in [1.165, 1.54) is 11.8 Å². The van der Waals surface area contributed by atoms with Crippen LogP contribution in [0.25, 0.3) is 0 Å². The summed E-state index contributed by atoms with van der Waals surface area (Å²) >= 11 is 1.24. The Morgan fingerprint density at radius 3 is 2.25 bits per heavy atom. The van der Waals surface area contributed by atoms with Gasteiger partial charge in [0.1, 0.15) is 6.04 Å². The predicted octanol–water partition coefficient (Wildman–Crippen LogP) is 2.50. The average molecular weight is 397 g/mol. The third kappa shape index (κ3) is 5.96. The van der Waals surface area contributed by atoms with Gasteiger partial charge in [0.05, 0.1) is 6.04 Å². The lowest BCUT2D eigenvalue weighted by Gasteiger charge is -2.20. The number of nitrogens with one attached hydrogen (secondary N) is 2. The van der Waals surface area contributed by atoms with Crippen molar-refractivity contribution in [1.29, 1.82) is 0 Å². The van der Waals surface area contributed by atoms with Crippen molar-refractivity contribution in [2.45, 2.75) is 37.8 Å². The van der Waals surface area contributed by atoms with Crippen LogP contribution in [0.1, 0.15) is 24.0 Å². The number of aryl methyl sites for hydroxylation is 1. The molecule has 1 aliphatic heterocycles. The predicted molar refractivity (Wildman–Crippen MR) is 111 cm³/mol. The van der Waals surface area contributed by atoms with Crippen molar-refractivity contribution >= 4 is 28.7 Å². The van der Waals surface area contributed by atoms with Crippen LogP contribution < -0.4 is 10.6 Å². The summed E-state index contributed by atoms with van der Waals surface area (Å²) in [5.41, 5.74) is 2.04. The number of amides is 2. The molecule has 6 heteroatoms. The summed E-state index contributed by atoms with van der Waals surface area (Å²) in [6.07, 6.45) is 1.94.